The minimum atomic E-state index is 0. The van der Waals surface area contributed by atoms with Crippen LogP contribution in [0.25, 0.3) is 10.8 Å². The lowest BCUT2D eigenvalue weighted by Gasteiger charge is -2.29. The van der Waals surface area contributed by atoms with E-state index in [1.807, 2.05) is 17.5 Å². The second-order valence-electron chi connectivity index (χ2n) is 6.17. The molecule has 1 amide bonds. The van der Waals surface area contributed by atoms with E-state index in [0.29, 0.717) is 29.7 Å². The highest BCUT2D eigenvalue weighted by atomic mass is 35.5. The summed E-state index contributed by atoms with van der Waals surface area (Å²) in [4.78, 5) is 17.6. The largest absolute Gasteiger partial charge is 0.444 e. The van der Waals surface area contributed by atoms with E-state index in [4.69, 9.17) is 4.42 Å². The smallest absolute Gasteiger partial charge is 0.236 e. The Bertz CT molecular complexity index is 650. The summed E-state index contributed by atoms with van der Waals surface area (Å²) in [5, 5.41) is 8.72. The summed E-state index contributed by atoms with van der Waals surface area (Å²) >= 11 is 1.58. The van der Waals surface area contributed by atoms with Crippen LogP contribution in [0.1, 0.15) is 31.4 Å². The minimum Gasteiger partial charge on any atom is -0.444 e. The summed E-state index contributed by atoms with van der Waals surface area (Å²) < 4.78 is 5.45. The van der Waals surface area contributed by atoms with E-state index in [1.54, 1.807) is 17.6 Å². The molecule has 132 valence electrons. The number of fused-ring (bicyclic) bond motifs is 2. The number of piperidine rings is 1. The molecule has 0 spiro atoms. The Morgan fingerprint density at radius 2 is 2.08 bits per heavy atom. The number of carbonyl (C=O) groups is 1. The molecule has 0 radical (unpaired) electrons. The monoisotopic (exact) mass is 389 g/mol. The molecule has 4 rings (SSSR count). The molecule has 2 saturated heterocycles. The fraction of sp³-hybridized carbons (Fsp3) is 0.500. The van der Waals surface area contributed by atoms with Crippen molar-refractivity contribution in [2.45, 2.75) is 50.2 Å². The SMILES string of the molecule is Cl.Cl.O=C(Cc1coc(-c2cccs2)n1)NC1CC2CCC(C1)N2. The number of hydrogen-bond donors (Lipinski definition) is 2. The van der Waals surface area contributed by atoms with Crippen molar-refractivity contribution >= 4 is 42.1 Å². The number of hydrogen-bond acceptors (Lipinski definition) is 5. The molecule has 2 unspecified atom stereocenters. The average Bonchev–Trinajstić information content (AvgIpc) is 3.20. The van der Waals surface area contributed by atoms with Crippen LogP contribution < -0.4 is 10.6 Å². The van der Waals surface area contributed by atoms with Crippen LogP contribution in [0.4, 0.5) is 0 Å². The lowest BCUT2D eigenvalue weighted by atomic mass is 9.99. The third-order valence-electron chi connectivity index (χ3n) is 4.46. The predicted molar refractivity (Wildman–Crippen MR) is 99.1 cm³/mol. The summed E-state index contributed by atoms with van der Waals surface area (Å²) in [6, 6.07) is 5.39. The van der Waals surface area contributed by atoms with Crippen molar-refractivity contribution < 1.29 is 9.21 Å². The van der Waals surface area contributed by atoms with Gasteiger partial charge in [-0.15, -0.1) is 36.2 Å². The predicted octanol–water partition coefficient (Wildman–Crippen LogP) is 3.19. The number of carbonyl (C=O) groups excluding carboxylic acids is 1. The first kappa shape index (κ1) is 19.2. The van der Waals surface area contributed by atoms with Crippen LogP contribution in [0.15, 0.2) is 28.2 Å². The topological polar surface area (TPSA) is 67.2 Å². The van der Waals surface area contributed by atoms with Gasteiger partial charge in [-0.05, 0) is 37.1 Å². The third kappa shape index (κ3) is 4.30. The quantitative estimate of drug-likeness (QED) is 0.842. The molecule has 0 aromatic carbocycles. The zero-order valence-corrected chi connectivity index (χ0v) is 15.5. The normalized spacial score (nSPS) is 24.8. The molecule has 2 bridgehead atoms. The second-order valence-corrected chi connectivity index (χ2v) is 7.12. The summed E-state index contributed by atoms with van der Waals surface area (Å²) in [5.74, 6) is 0.634. The van der Waals surface area contributed by atoms with Crippen LogP contribution >= 0.6 is 36.2 Å². The van der Waals surface area contributed by atoms with Crippen LogP contribution in [0, 0.1) is 0 Å². The van der Waals surface area contributed by atoms with E-state index in [2.05, 4.69) is 15.6 Å². The van der Waals surface area contributed by atoms with Gasteiger partial charge in [0.2, 0.25) is 11.8 Å². The molecule has 2 fully saturated rings. The van der Waals surface area contributed by atoms with Crippen molar-refractivity contribution in [1.82, 2.24) is 15.6 Å². The lowest BCUT2D eigenvalue weighted by molar-refractivity contribution is -0.121. The number of nitrogens with zero attached hydrogens (tertiary/aromatic N) is 1. The molecule has 4 heterocycles. The zero-order valence-electron chi connectivity index (χ0n) is 13.1. The average molecular weight is 390 g/mol. The van der Waals surface area contributed by atoms with E-state index >= 15 is 0 Å². The van der Waals surface area contributed by atoms with Crippen molar-refractivity contribution in [1.29, 1.82) is 0 Å². The summed E-state index contributed by atoms with van der Waals surface area (Å²) in [6.45, 7) is 0. The zero-order chi connectivity index (χ0) is 14.9. The van der Waals surface area contributed by atoms with Gasteiger partial charge in [0.1, 0.15) is 6.26 Å². The molecule has 2 aliphatic rings. The van der Waals surface area contributed by atoms with Crippen LogP contribution in [0.5, 0.6) is 0 Å². The van der Waals surface area contributed by atoms with Crippen molar-refractivity contribution in [2.75, 3.05) is 0 Å². The molecule has 2 N–H and O–H groups in total. The molecule has 2 aromatic heterocycles. The van der Waals surface area contributed by atoms with Crippen LogP contribution in [-0.4, -0.2) is 29.0 Å². The molecule has 0 saturated carbocycles. The Morgan fingerprint density at radius 1 is 1.33 bits per heavy atom. The number of aromatic nitrogens is 1. The Morgan fingerprint density at radius 3 is 2.75 bits per heavy atom. The highest BCUT2D eigenvalue weighted by Crippen LogP contribution is 2.27. The number of thiophene rings is 1. The van der Waals surface area contributed by atoms with Gasteiger partial charge in [0.05, 0.1) is 17.0 Å². The summed E-state index contributed by atoms with van der Waals surface area (Å²) in [7, 11) is 0. The highest BCUT2D eigenvalue weighted by Gasteiger charge is 2.33. The van der Waals surface area contributed by atoms with Crippen molar-refractivity contribution in [2.24, 2.45) is 0 Å². The van der Waals surface area contributed by atoms with Gasteiger partial charge in [-0.25, -0.2) is 4.98 Å². The fourth-order valence-electron chi connectivity index (χ4n) is 3.52. The van der Waals surface area contributed by atoms with E-state index in [0.717, 1.165) is 17.7 Å². The van der Waals surface area contributed by atoms with Crippen LogP contribution in [-0.2, 0) is 11.2 Å². The van der Waals surface area contributed by atoms with Gasteiger partial charge >= 0.3 is 0 Å². The lowest BCUT2D eigenvalue weighted by Crippen LogP contribution is -2.48. The van der Waals surface area contributed by atoms with Gasteiger partial charge in [-0.2, -0.15) is 0 Å². The molecule has 2 aliphatic heterocycles. The highest BCUT2D eigenvalue weighted by molar-refractivity contribution is 7.13. The van der Waals surface area contributed by atoms with E-state index < -0.39 is 0 Å². The molecule has 2 atom stereocenters. The van der Waals surface area contributed by atoms with Gasteiger partial charge in [-0.1, -0.05) is 6.07 Å². The first-order valence-electron chi connectivity index (χ1n) is 7.80. The first-order valence-corrected chi connectivity index (χ1v) is 8.68. The summed E-state index contributed by atoms with van der Waals surface area (Å²) in [6.07, 6.45) is 6.44. The maximum absolute atomic E-state index is 12.2. The third-order valence-corrected chi connectivity index (χ3v) is 5.32. The molecule has 8 heteroatoms. The van der Waals surface area contributed by atoms with E-state index in [9.17, 15) is 4.79 Å². The molecular weight excluding hydrogens is 369 g/mol. The molecule has 0 aliphatic carbocycles. The number of oxazole rings is 1. The van der Waals surface area contributed by atoms with Crippen LogP contribution in [0.3, 0.4) is 0 Å². The standard InChI is InChI=1S/C16H19N3O2S.2ClH/c20-15(18-12-6-10-3-4-11(7-12)17-10)8-13-9-21-16(19-13)14-2-1-5-22-14;;/h1-2,5,9-12,17H,3-4,6-8H2,(H,18,20);2*1H. The van der Waals surface area contributed by atoms with Gasteiger partial charge in [0.15, 0.2) is 0 Å². The fourth-order valence-corrected chi connectivity index (χ4v) is 4.18. The Hall–Kier alpha value is -1.08. The number of halogens is 2. The van der Waals surface area contributed by atoms with Gasteiger partial charge in [-0.3, -0.25) is 4.79 Å². The van der Waals surface area contributed by atoms with E-state index in [1.165, 1.54) is 12.8 Å². The molecule has 2 aromatic rings. The Kier molecular flexibility index (Phi) is 6.69. The van der Waals surface area contributed by atoms with Crippen molar-refractivity contribution in [3.63, 3.8) is 0 Å². The second kappa shape index (κ2) is 8.34. The molecule has 5 nitrogen and oxygen atoms in total. The van der Waals surface area contributed by atoms with E-state index in [-0.39, 0.29) is 37.1 Å². The van der Waals surface area contributed by atoms with Gasteiger partial charge < -0.3 is 15.1 Å². The first-order chi connectivity index (χ1) is 10.8. The van der Waals surface area contributed by atoms with Crippen molar-refractivity contribution in [3.05, 3.63) is 29.5 Å². The van der Waals surface area contributed by atoms with Crippen LogP contribution in [0.2, 0.25) is 0 Å². The maximum Gasteiger partial charge on any atom is 0.236 e. The Balaban J connectivity index is 0.00000104. The number of nitrogens with one attached hydrogen (secondary N) is 2. The van der Waals surface area contributed by atoms with Gasteiger partial charge in [0.25, 0.3) is 0 Å². The minimum absolute atomic E-state index is 0. The van der Waals surface area contributed by atoms with Gasteiger partial charge in [0, 0.05) is 18.1 Å². The number of rotatable bonds is 4. The van der Waals surface area contributed by atoms with Crippen molar-refractivity contribution in [3.8, 4) is 10.8 Å². The summed E-state index contributed by atoms with van der Waals surface area (Å²) in [5.41, 5.74) is 0.692. The molecule has 24 heavy (non-hydrogen) atoms. The molecular formula is C16H21Cl2N3O2S. The maximum atomic E-state index is 12.2. The Labute approximate surface area is 157 Å². The number of amides is 1.